The lowest BCUT2D eigenvalue weighted by molar-refractivity contribution is 0.0951. The largest absolute Gasteiger partial charge is 0.366 e. The minimum Gasteiger partial charge on any atom is -0.366 e. The van der Waals surface area contributed by atoms with Gasteiger partial charge >= 0.3 is 6.03 Å². The van der Waals surface area contributed by atoms with E-state index in [-0.39, 0.29) is 18.0 Å². The van der Waals surface area contributed by atoms with Crippen LogP contribution in [0.2, 0.25) is 0 Å². The van der Waals surface area contributed by atoms with E-state index in [2.05, 4.69) is 45.1 Å². The van der Waals surface area contributed by atoms with E-state index in [9.17, 15) is 9.59 Å². The third-order valence-electron chi connectivity index (χ3n) is 5.22. The Morgan fingerprint density at radius 3 is 2.64 bits per heavy atom. The summed E-state index contributed by atoms with van der Waals surface area (Å²) < 4.78 is 0. The molecule has 6 heteroatoms. The van der Waals surface area contributed by atoms with E-state index < -0.39 is 0 Å². The number of nitrogens with zero attached hydrogens (tertiary/aromatic N) is 1. The highest BCUT2D eigenvalue weighted by molar-refractivity contribution is 6.02. The van der Waals surface area contributed by atoms with Crippen molar-refractivity contribution in [2.45, 2.75) is 38.8 Å². The van der Waals surface area contributed by atoms with Crippen LogP contribution in [0.25, 0.3) is 0 Å². The zero-order chi connectivity index (χ0) is 19.5. The number of fused-ring (bicyclic) bond motifs is 1. The summed E-state index contributed by atoms with van der Waals surface area (Å²) >= 11 is 0. The second-order valence-electron chi connectivity index (χ2n) is 7.40. The van der Waals surface area contributed by atoms with Crippen molar-refractivity contribution in [3.63, 3.8) is 0 Å². The van der Waals surface area contributed by atoms with Gasteiger partial charge in [-0.1, -0.05) is 24.3 Å². The molecule has 0 unspecified atom stereocenters. The van der Waals surface area contributed by atoms with Crippen molar-refractivity contribution in [3.8, 4) is 0 Å². The average Bonchev–Trinajstić information content (AvgIpc) is 3.51. The summed E-state index contributed by atoms with van der Waals surface area (Å²) in [4.78, 5) is 27.0. The molecule has 1 aliphatic carbocycles. The van der Waals surface area contributed by atoms with Crippen LogP contribution in [0.1, 0.15) is 41.3 Å². The Morgan fingerprint density at radius 1 is 1.11 bits per heavy atom. The zero-order valence-corrected chi connectivity index (χ0v) is 16.1. The van der Waals surface area contributed by atoms with Crippen molar-refractivity contribution < 1.29 is 9.59 Å². The molecule has 2 aromatic carbocycles. The second-order valence-corrected chi connectivity index (χ2v) is 7.40. The number of carbonyl (C=O) groups excluding carboxylic acids is 2. The van der Waals surface area contributed by atoms with Gasteiger partial charge in [-0.15, -0.1) is 0 Å². The van der Waals surface area contributed by atoms with Crippen molar-refractivity contribution in [1.29, 1.82) is 0 Å². The molecule has 1 fully saturated rings. The van der Waals surface area contributed by atoms with Crippen LogP contribution < -0.4 is 20.9 Å². The van der Waals surface area contributed by atoms with Gasteiger partial charge in [-0.25, -0.2) is 4.79 Å². The van der Waals surface area contributed by atoms with Gasteiger partial charge in [-0.3, -0.25) is 4.79 Å². The first-order valence-electron chi connectivity index (χ1n) is 9.95. The number of nitrogens with one attached hydrogen (secondary N) is 3. The quantitative estimate of drug-likeness (QED) is 0.748. The van der Waals surface area contributed by atoms with Crippen molar-refractivity contribution in [2.75, 3.05) is 23.3 Å². The van der Waals surface area contributed by atoms with Gasteiger partial charge in [0.2, 0.25) is 0 Å². The van der Waals surface area contributed by atoms with Gasteiger partial charge in [-0.2, -0.15) is 0 Å². The summed E-state index contributed by atoms with van der Waals surface area (Å²) in [6.45, 7) is 4.06. The lowest BCUT2D eigenvalue weighted by Crippen LogP contribution is -2.34. The first kappa shape index (κ1) is 18.3. The average molecular weight is 378 g/mol. The standard InChI is InChI=1S/C22H26N4O2/c1-2-23-22(28)25-18-9-10-20(19(13-18)21(27)24-17-7-8-17)26-12-11-15-5-3-4-6-16(15)14-26/h3-6,9-10,13,17H,2,7-8,11-12,14H2,1H3,(H,24,27)(H2,23,25,28). The Morgan fingerprint density at radius 2 is 1.89 bits per heavy atom. The summed E-state index contributed by atoms with van der Waals surface area (Å²) in [5.74, 6) is -0.0732. The molecule has 0 aromatic heterocycles. The van der Waals surface area contributed by atoms with E-state index in [1.807, 2.05) is 19.1 Å². The fraction of sp³-hybridized carbons (Fsp3) is 0.364. The molecule has 0 spiro atoms. The van der Waals surface area contributed by atoms with Crippen LogP contribution in [-0.2, 0) is 13.0 Å². The minimum atomic E-state index is -0.268. The molecular weight excluding hydrogens is 352 g/mol. The SMILES string of the molecule is CCNC(=O)Nc1ccc(N2CCc3ccccc3C2)c(C(=O)NC2CC2)c1. The van der Waals surface area contributed by atoms with E-state index in [0.717, 1.165) is 38.0 Å². The monoisotopic (exact) mass is 378 g/mol. The van der Waals surface area contributed by atoms with Crippen molar-refractivity contribution >= 4 is 23.3 Å². The highest BCUT2D eigenvalue weighted by atomic mass is 16.2. The molecule has 0 radical (unpaired) electrons. The van der Waals surface area contributed by atoms with Crippen molar-refractivity contribution in [1.82, 2.24) is 10.6 Å². The molecule has 0 saturated heterocycles. The summed E-state index contributed by atoms with van der Waals surface area (Å²) in [7, 11) is 0. The predicted octanol–water partition coefficient (Wildman–Crippen LogP) is 3.28. The van der Waals surface area contributed by atoms with Gasteiger partial charge in [0, 0.05) is 37.1 Å². The second kappa shape index (κ2) is 7.92. The van der Waals surface area contributed by atoms with Gasteiger partial charge in [0.05, 0.1) is 5.56 Å². The normalized spacial score (nSPS) is 15.5. The van der Waals surface area contributed by atoms with Gasteiger partial charge in [0.15, 0.2) is 0 Å². The van der Waals surface area contributed by atoms with E-state index in [0.29, 0.717) is 17.8 Å². The Labute approximate surface area is 165 Å². The van der Waals surface area contributed by atoms with Crippen LogP contribution in [-0.4, -0.2) is 31.1 Å². The number of urea groups is 1. The van der Waals surface area contributed by atoms with Crippen LogP contribution in [0.5, 0.6) is 0 Å². The van der Waals surface area contributed by atoms with Crippen LogP contribution in [0, 0.1) is 0 Å². The highest BCUT2D eigenvalue weighted by Crippen LogP contribution is 2.30. The van der Waals surface area contributed by atoms with Gasteiger partial charge in [0.25, 0.3) is 5.91 Å². The molecule has 1 heterocycles. The predicted molar refractivity (Wildman–Crippen MR) is 111 cm³/mol. The summed E-state index contributed by atoms with van der Waals surface area (Å²) in [5, 5.41) is 8.60. The third-order valence-corrected chi connectivity index (χ3v) is 5.22. The van der Waals surface area contributed by atoms with E-state index in [1.54, 1.807) is 6.07 Å². The fourth-order valence-corrected chi connectivity index (χ4v) is 3.60. The van der Waals surface area contributed by atoms with E-state index in [4.69, 9.17) is 0 Å². The van der Waals surface area contributed by atoms with Crippen molar-refractivity contribution in [2.24, 2.45) is 0 Å². The fourth-order valence-electron chi connectivity index (χ4n) is 3.60. The first-order valence-corrected chi connectivity index (χ1v) is 9.95. The minimum absolute atomic E-state index is 0.0732. The van der Waals surface area contributed by atoms with Gasteiger partial charge < -0.3 is 20.9 Å². The van der Waals surface area contributed by atoms with Crippen LogP contribution in [0.15, 0.2) is 42.5 Å². The number of benzene rings is 2. The molecule has 1 saturated carbocycles. The lowest BCUT2D eigenvalue weighted by Gasteiger charge is -2.32. The first-order chi connectivity index (χ1) is 13.6. The van der Waals surface area contributed by atoms with Crippen LogP contribution >= 0.6 is 0 Å². The molecule has 146 valence electrons. The van der Waals surface area contributed by atoms with Crippen LogP contribution in [0.4, 0.5) is 16.2 Å². The Kier molecular flexibility index (Phi) is 5.19. The molecule has 6 nitrogen and oxygen atoms in total. The van der Waals surface area contributed by atoms with Crippen molar-refractivity contribution in [3.05, 3.63) is 59.2 Å². The number of anilines is 2. The number of amides is 3. The number of hydrogen-bond donors (Lipinski definition) is 3. The molecule has 3 N–H and O–H groups in total. The molecule has 0 bridgehead atoms. The maximum Gasteiger partial charge on any atom is 0.319 e. The number of hydrogen-bond acceptors (Lipinski definition) is 3. The number of carbonyl (C=O) groups is 2. The van der Waals surface area contributed by atoms with E-state index in [1.165, 1.54) is 11.1 Å². The maximum atomic E-state index is 12.9. The summed E-state index contributed by atoms with van der Waals surface area (Å²) in [5.41, 5.74) is 4.81. The maximum absolute atomic E-state index is 12.9. The smallest absolute Gasteiger partial charge is 0.319 e. The van der Waals surface area contributed by atoms with E-state index >= 15 is 0 Å². The topological polar surface area (TPSA) is 73.5 Å². The Bertz CT molecular complexity index is 892. The Hall–Kier alpha value is -3.02. The molecule has 3 amide bonds. The Balaban J connectivity index is 1.61. The number of rotatable bonds is 5. The molecule has 28 heavy (non-hydrogen) atoms. The molecule has 2 aromatic rings. The molecule has 2 aliphatic rings. The molecular formula is C22H26N4O2. The zero-order valence-electron chi connectivity index (χ0n) is 16.1. The third kappa shape index (κ3) is 4.11. The summed E-state index contributed by atoms with van der Waals surface area (Å²) in [6, 6.07) is 14.0. The van der Waals surface area contributed by atoms with Gasteiger partial charge in [-0.05, 0) is 55.5 Å². The molecule has 4 rings (SSSR count). The summed E-state index contributed by atoms with van der Waals surface area (Å²) in [6.07, 6.45) is 3.03. The molecule has 1 aliphatic heterocycles. The lowest BCUT2D eigenvalue weighted by atomic mass is 9.98. The molecule has 0 atom stereocenters. The highest BCUT2D eigenvalue weighted by Gasteiger charge is 2.27. The van der Waals surface area contributed by atoms with Crippen LogP contribution in [0.3, 0.4) is 0 Å². The van der Waals surface area contributed by atoms with Gasteiger partial charge in [0.1, 0.15) is 0 Å².